The quantitative estimate of drug-likeness (QED) is 0.677. The summed E-state index contributed by atoms with van der Waals surface area (Å²) >= 11 is 0. The topological polar surface area (TPSA) is 88.8 Å². The zero-order chi connectivity index (χ0) is 13.3. The SMILES string of the molecule is CCOC(=O)C1=C2OC(=O)CCC2(C#N)N=C1C. The van der Waals surface area contributed by atoms with Crippen LogP contribution in [0.3, 0.4) is 0 Å². The summed E-state index contributed by atoms with van der Waals surface area (Å²) in [7, 11) is 0. The number of rotatable bonds is 2. The van der Waals surface area contributed by atoms with Crippen molar-refractivity contribution in [3.05, 3.63) is 11.3 Å². The minimum absolute atomic E-state index is 0.0252. The van der Waals surface area contributed by atoms with Gasteiger partial charge in [0.1, 0.15) is 11.6 Å². The molecule has 2 heterocycles. The predicted molar refractivity (Wildman–Crippen MR) is 60.4 cm³/mol. The molecule has 2 rings (SSSR count). The average Bonchev–Trinajstić information content (AvgIpc) is 2.62. The molecule has 1 atom stereocenters. The molecule has 0 aromatic rings. The van der Waals surface area contributed by atoms with Crippen LogP contribution in [-0.4, -0.2) is 29.8 Å². The van der Waals surface area contributed by atoms with Gasteiger partial charge in [-0.25, -0.2) is 4.79 Å². The summed E-state index contributed by atoms with van der Waals surface area (Å²) in [6.07, 6.45) is 0.349. The van der Waals surface area contributed by atoms with Gasteiger partial charge in [-0.1, -0.05) is 0 Å². The van der Waals surface area contributed by atoms with Crippen LogP contribution >= 0.6 is 0 Å². The molecule has 18 heavy (non-hydrogen) atoms. The Morgan fingerprint density at radius 3 is 3.00 bits per heavy atom. The lowest BCUT2D eigenvalue weighted by atomic mass is 9.90. The summed E-state index contributed by atoms with van der Waals surface area (Å²) in [6.45, 7) is 3.48. The van der Waals surface area contributed by atoms with E-state index in [0.717, 1.165) is 0 Å². The fourth-order valence-electron chi connectivity index (χ4n) is 2.09. The number of esters is 2. The Bertz CT molecular complexity index is 527. The summed E-state index contributed by atoms with van der Waals surface area (Å²) < 4.78 is 9.95. The number of carbonyl (C=O) groups is 2. The van der Waals surface area contributed by atoms with Gasteiger partial charge in [0.2, 0.25) is 5.54 Å². The van der Waals surface area contributed by atoms with Gasteiger partial charge >= 0.3 is 11.9 Å². The predicted octanol–water partition coefficient (Wildman–Crippen LogP) is 0.877. The van der Waals surface area contributed by atoms with Crippen LogP contribution in [0.5, 0.6) is 0 Å². The van der Waals surface area contributed by atoms with Gasteiger partial charge in [0, 0.05) is 12.8 Å². The zero-order valence-corrected chi connectivity index (χ0v) is 10.1. The van der Waals surface area contributed by atoms with Crippen molar-refractivity contribution in [3.8, 4) is 6.07 Å². The summed E-state index contributed by atoms with van der Waals surface area (Å²) in [5.41, 5.74) is -0.758. The van der Waals surface area contributed by atoms with Crippen LogP contribution in [0, 0.1) is 11.3 Å². The molecule has 0 aromatic carbocycles. The molecule has 0 radical (unpaired) electrons. The number of carbonyl (C=O) groups excluding carboxylic acids is 2. The summed E-state index contributed by atoms with van der Waals surface area (Å²) in [5.74, 6) is -1.04. The largest absolute Gasteiger partial charge is 0.462 e. The maximum absolute atomic E-state index is 11.8. The molecule has 0 aromatic heterocycles. The van der Waals surface area contributed by atoms with E-state index < -0.39 is 17.5 Å². The normalized spacial score (nSPS) is 26.1. The number of ether oxygens (including phenoxy) is 2. The van der Waals surface area contributed by atoms with Crippen LogP contribution in [0.25, 0.3) is 0 Å². The Hall–Kier alpha value is -2.16. The van der Waals surface area contributed by atoms with Gasteiger partial charge in [-0.2, -0.15) is 5.26 Å². The Balaban J connectivity index is 2.50. The summed E-state index contributed by atoms with van der Waals surface area (Å²) in [5, 5.41) is 9.25. The number of nitrogens with zero attached hydrogens (tertiary/aromatic N) is 2. The molecule has 0 amide bonds. The standard InChI is InChI=1S/C12H12N2O4/c1-3-17-11(16)9-7(2)14-12(6-13)5-4-8(15)18-10(9)12/h3-5H2,1-2H3. The monoisotopic (exact) mass is 248 g/mol. The van der Waals surface area contributed by atoms with Gasteiger partial charge in [0.05, 0.1) is 12.3 Å². The Labute approximate surface area is 104 Å². The van der Waals surface area contributed by atoms with Crippen molar-refractivity contribution in [2.75, 3.05) is 6.61 Å². The molecule has 0 aliphatic carbocycles. The minimum atomic E-state index is -1.24. The fourth-order valence-corrected chi connectivity index (χ4v) is 2.09. The van der Waals surface area contributed by atoms with Gasteiger partial charge in [0.15, 0.2) is 5.76 Å². The van der Waals surface area contributed by atoms with Crippen molar-refractivity contribution < 1.29 is 19.1 Å². The molecule has 0 bridgehead atoms. The van der Waals surface area contributed by atoms with E-state index in [2.05, 4.69) is 4.99 Å². The van der Waals surface area contributed by atoms with Gasteiger partial charge in [0.25, 0.3) is 0 Å². The fraction of sp³-hybridized carbons (Fsp3) is 0.500. The highest BCUT2D eigenvalue weighted by molar-refractivity contribution is 6.21. The molecule has 0 spiro atoms. The van der Waals surface area contributed by atoms with Crippen molar-refractivity contribution >= 4 is 17.7 Å². The van der Waals surface area contributed by atoms with E-state index in [1.165, 1.54) is 0 Å². The van der Waals surface area contributed by atoms with Crippen LogP contribution in [0.2, 0.25) is 0 Å². The van der Waals surface area contributed by atoms with E-state index in [4.69, 9.17) is 9.47 Å². The smallest absolute Gasteiger partial charge is 0.343 e. The van der Waals surface area contributed by atoms with Crippen LogP contribution in [0.1, 0.15) is 26.7 Å². The van der Waals surface area contributed by atoms with E-state index in [1.807, 2.05) is 6.07 Å². The highest BCUT2D eigenvalue weighted by Crippen LogP contribution is 2.40. The Morgan fingerprint density at radius 1 is 1.67 bits per heavy atom. The highest BCUT2D eigenvalue weighted by Gasteiger charge is 2.49. The second kappa shape index (κ2) is 4.26. The molecule has 2 aliphatic rings. The average molecular weight is 248 g/mol. The third kappa shape index (κ3) is 1.68. The molecule has 2 aliphatic heterocycles. The van der Waals surface area contributed by atoms with E-state index in [1.54, 1.807) is 13.8 Å². The second-order valence-electron chi connectivity index (χ2n) is 4.07. The molecule has 6 heteroatoms. The molecule has 0 N–H and O–H groups in total. The maximum Gasteiger partial charge on any atom is 0.343 e. The van der Waals surface area contributed by atoms with Crippen LogP contribution in [-0.2, 0) is 19.1 Å². The molecule has 1 unspecified atom stereocenters. The van der Waals surface area contributed by atoms with Crippen molar-refractivity contribution in [3.63, 3.8) is 0 Å². The van der Waals surface area contributed by atoms with Crippen LogP contribution in [0.15, 0.2) is 16.3 Å². The van der Waals surface area contributed by atoms with E-state index in [0.29, 0.717) is 5.71 Å². The number of hydrogen-bond acceptors (Lipinski definition) is 6. The summed E-state index contributed by atoms with van der Waals surface area (Å²) in [4.78, 5) is 27.3. The molecule has 0 saturated carbocycles. The third-order valence-electron chi connectivity index (χ3n) is 2.89. The maximum atomic E-state index is 11.8. The molecular weight excluding hydrogens is 236 g/mol. The first kappa shape index (κ1) is 12.3. The van der Waals surface area contributed by atoms with Crippen molar-refractivity contribution in [1.29, 1.82) is 5.26 Å². The molecular formula is C12H12N2O4. The van der Waals surface area contributed by atoms with Crippen molar-refractivity contribution in [2.45, 2.75) is 32.2 Å². The summed E-state index contributed by atoms with van der Waals surface area (Å²) in [6, 6.07) is 2.03. The van der Waals surface area contributed by atoms with Gasteiger partial charge in [-0.15, -0.1) is 0 Å². The number of hydrogen-bond donors (Lipinski definition) is 0. The Kier molecular flexibility index (Phi) is 2.91. The van der Waals surface area contributed by atoms with Gasteiger partial charge in [-0.05, 0) is 13.8 Å². The first-order chi connectivity index (χ1) is 8.54. The number of fused-ring (bicyclic) bond motifs is 1. The second-order valence-corrected chi connectivity index (χ2v) is 4.07. The zero-order valence-electron chi connectivity index (χ0n) is 10.1. The van der Waals surface area contributed by atoms with E-state index in [-0.39, 0.29) is 30.8 Å². The molecule has 94 valence electrons. The van der Waals surface area contributed by atoms with Gasteiger partial charge < -0.3 is 9.47 Å². The van der Waals surface area contributed by atoms with Gasteiger partial charge in [-0.3, -0.25) is 9.79 Å². The van der Waals surface area contributed by atoms with Crippen molar-refractivity contribution in [1.82, 2.24) is 0 Å². The molecule has 1 saturated heterocycles. The number of nitriles is 1. The lowest BCUT2D eigenvalue weighted by Gasteiger charge is -2.25. The minimum Gasteiger partial charge on any atom is -0.462 e. The number of aliphatic imine (C=N–C) groups is 1. The van der Waals surface area contributed by atoms with E-state index in [9.17, 15) is 14.9 Å². The third-order valence-corrected chi connectivity index (χ3v) is 2.89. The van der Waals surface area contributed by atoms with Crippen LogP contribution < -0.4 is 0 Å². The van der Waals surface area contributed by atoms with Crippen molar-refractivity contribution in [2.24, 2.45) is 4.99 Å². The first-order valence-corrected chi connectivity index (χ1v) is 5.64. The van der Waals surface area contributed by atoms with E-state index >= 15 is 0 Å². The van der Waals surface area contributed by atoms with Crippen LogP contribution in [0.4, 0.5) is 0 Å². The molecule has 1 fully saturated rings. The first-order valence-electron chi connectivity index (χ1n) is 5.64. The highest BCUT2D eigenvalue weighted by atomic mass is 16.6. The molecule has 6 nitrogen and oxygen atoms in total. The lowest BCUT2D eigenvalue weighted by Crippen LogP contribution is -2.34. The Morgan fingerprint density at radius 2 is 2.39 bits per heavy atom. The lowest BCUT2D eigenvalue weighted by molar-refractivity contribution is -0.143.